The lowest BCUT2D eigenvalue weighted by atomic mass is 10.2. The largest absolute Gasteiger partial charge is 0.444 e. The van der Waals surface area contributed by atoms with E-state index in [4.69, 9.17) is 4.74 Å². The van der Waals surface area contributed by atoms with Crippen molar-refractivity contribution in [1.82, 2.24) is 4.57 Å². The highest BCUT2D eigenvalue weighted by Gasteiger charge is 2.19. The van der Waals surface area contributed by atoms with Crippen molar-refractivity contribution < 1.29 is 18.7 Å². The van der Waals surface area contributed by atoms with Crippen LogP contribution in [0.15, 0.2) is 48.5 Å². The Hall–Kier alpha value is -3.35. The van der Waals surface area contributed by atoms with Crippen molar-refractivity contribution >= 4 is 34.3 Å². The second-order valence-electron chi connectivity index (χ2n) is 7.42. The average molecular weight is 383 g/mol. The monoisotopic (exact) mass is 383 g/mol. The number of ether oxygens (including phenoxy) is 1. The summed E-state index contributed by atoms with van der Waals surface area (Å²) in [6.45, 7) is 5.21. The van der Waals surface area contributed by atoms with Gasteiger partial charge in [0, 0.05) is 18.0 Å². The van der Waals surface area contributed by atoms with E-state index < -0.39 is 23.4 Å². The molecule has 0 aliphatic rings. The summed E-state index contributed by atoms with van der Waals surface area (Å²) in [6, 6.07) is 13.1. The Bertz CT molecular complexity index is 1050. The topological polar surface area (TPSA) is 72.4 Å². The lowest BCUT2D eigenvalue weighted by Gasteiger charge is -2.20. The molecule has 2 N–H and O–H groups in total. The van der Waals surface area contributed by atoms with Gasteiger partial charge in [-0.25, -0.2) is 9.18 Å². The lowest BCUT2D eigenvalue weighted by Crippen LogP contribution is -2.27. The Morgan fingerprint density at radius 2 is 1.71 bits per heavy atom. The van der Waals surface area contributed by atoms with E-state index in [1.165, 1.54) is 12.1 Å². The summed E-state index contributed by atoms with van der Waals surface area (Å²) in [4.78, 5) is 24.8. The number of hydrogen-bond acceptors (Lipinski definition) is 3. The van der Waals surface area contributed by atoms with Crippen molar-refractivity contribution in [2.24, 2.45) is 7.05 Å². The molecule has 0 fully saturated rings. The summed E-state index contributed by atoms with van der Waals surface area (Å²) in [5.74, 6) is -0.960. The normalized spacial score (nSPS) is 11.3. The van der Waals surface area contributed by atoms with E-state index in [9.17, 15) is 14.0 Å². The molecule has 0 saturated heterocycles. The highest BCUT2D eigenvalue weighted by Crippen LogP contribution is 2.25. The Morgan fingerprint density at radius 1 is 1.00 bits per heavy atom. The summed E-state index contributed by atoms with van der Waals surface area (Å²) < 4.78 is 20.7. The number of anilines is 2. The molecular formula is C21H22FN3O3. The minimum atomic E-state index is -0.695. The van der Waals surface area contributed by atoms with Crippen LogP contribution in [0.1, 0.15) is 31.3 Å². The second kappa shape index (κ2) is 7.34. The van der Waals surface area contributed by atoms with E-state index in [0.29, 0.717) is 5.69 Å². The van der Waals surface area contributed by atoms with Gasteiger partial charge >= 0.3 is 6.09 Å². The third kappa shape index (κ3) is 4.31. The first-order valence-electron chi connectivity index (χ1n) is 8.79. The zero-order valence-corrected chi connectivity index (χ0v) is 16.2. The van der Waals surface area contributed by atoms with Crippen LogP contribution in [0, 0.1) is 5.82 Å². The van der Waals surface area contributed by atoms with Crippen LogP contribution in [-0.2, 0) is 11.8 Å². The molecule has 1 aromatic heterocycles. The predicted octanol–water partition coefficient (Wildman–Crippen LogP) is 4.92. The van der Waals surface area contributed by atoms with Gasteiger partial charge in [0.25, 0.3) is 5.91 Å². The van der Waals surface area contributed by atoms with Crippen molar-refractivity contribution in [2.75, 3.05) is 10.6 Å². The zero-order valence-electron chi connectivity index (χ0n) is 16.2. The molecule has 0 atom stereocenters. The van der Waals surface area contributed by atoms with E-state index in [-0.39, 0.29) is 11.4 Å². The molecule has 0 saturated carbocycles. The van der Waals surface area contributed by atoms with Gasteiger partial charge in [-0.1, -0.05) is 18.2 Å². The van der Waals surface area contributed by atoms with Gasteiger partial charge in [0.15, 0.2) is 0 Å². The first-order valence-corrected chi connectivity index (χ1v) is 8.79. The molecule has 0 aliphatic heterocycles. The number of carbonyl (C=O) groups is 2. The number of halogens is 1. The molecule has 146 valence electrons. The maximum absolute atomic E-state index is 13.8. The highest BCUT2D eigenvalue weighted by atomic mass is 19.1. The second-order valence-corrected chi connectivity index (χ2v) is 7.42. The highest BCUT2D eigenvalue weighted by molar-refractivity contribution is 6.08. The number of para-hydroxylation sites is 1. The minimum absolute atomic E-state index is 0.140. The van der Waals surface area contributed by atoms with Crippen LogP contribution >= 0.6 is 0 Å². The molecule has 7 heteroatoms. The molecule has 0 unspecified atom stereocenters. The fraction of sp³-hybridized carbons (Fsp3) is 0.238. The van der Waals surface area contributed by atoms with Gasteiger partial charge < -0.3 is 14.6 Å². The summed E-state index contributed by atoms with van der Waals surface area (Å²) in [5, 5.41) is 6.13. The molecule has 2 aromatic carbocycles. The zero-order chi connectivity index (χ0) is 20.5. The Labute approximate surface area is 162 Å². The van der Waals surface area contributed by atoms with Crippen LogP contribution in [0.25, 0.3) is 10.9 Å². The van der Waals surface area contributed by atoms with Gasteiger partial charge in [0.2, 0.25) is 0 Å². The Balaban J connectivity index is 1.86. The van der Waals surface area contributed by atoms with Crippen LogP contribution < -0.4 is 10.6 Å². The van der Waals surface area contributed by atoms with E-state index in [2.05, 4.69) is 10.6 Å². The van der Waals surface area contributed by atoms with Crippen molar-refractivity contribution in [1.29, 1.82) is 0 Å². The maximum atomic E-state index is 13.8. The van der Waals surface area contributed by atoms with Gasteiger partial charge in [-0.05, 0) is 51.1 Å². The van der Waals surface area contributed by atoms with Gasteiger partial charge in [0.1, 0.15) is 17.1 Å². The van der Waals surface area contributed by atoms with Crippen molar-refractivity contribution in [3.8, 4) is 0 Å². The molecule has 3 aromatic rings. The molecule has 3 rings (SSSR count). The molecule has 0 radical (unpaired) electrons. The van der Waals surface area contributed by atoms with Crippen LogP contribution in [0.5, 0.6) is 0 Å². The molecular weight excluding hydrogens is 361 g/mol. The van der Waals surface area contributed by atoms with E-state index in [1.54, 1.807) is 38.5 Å². The van der Waals surface area contributed by atoms with Gasteiger partial charge in [-0.2, -0.15) is 0 Å². The number of rotatable bonds is 3. The minimum Gasteiger partial charge on any atom is -0.444 e. The van der Waals surface area contributed by atoms with E-state index >= 15 is 0 Å². The maximum Gasteiger partial charge on any atom is 0.412 e. The predicted molar refractivity (Wildman–Crippen MR) is 107 cm³/mol. The smallest absolute Gasteiger partial charge is 0.412 e. The van der Waals surface area contributed by atoms with Crippen molar-refractivity contribution in [3.63, 3.8) is 0 Å². The number of carbonyl (C=O) groups excluding carboxylic acids is 2. The number of amides is 2. The SMILES string of the molecule is Cn1c(C(=O)Nc2cc(F)ccc2NC(=O)OC(C)(C)C)cc2ccccc21. The fourth-order valence-corrected chi connectivity index (χ4v) is 2.84. The molecule has 0 spiro atoms. The summed E-state index contributed by atoms with van der Waals surface area (Å²) >= 11 is 0. The number of benzene rings is 2. The Kier molecular flexibility index (Phi) is 5.09. The molecule has 6 nitrogen and oxygen atoms in total. The number of nitrogens with zero attached hydrogens (tertiary/aromatic N) is 1. The molecule has 0 aliphatic carbocycles. The molecule has 1 heterocycles. The number of nitrogens with one attached hydrogen (secondary N) is 2. The number of aromatic nitrogens is 1. The van der Waals surface area contributed by atoms with Crippen molar-refractivity contribution in [2.45, 2.75) is 26.4 Å². The van der Waals surface area contributed by atoms with E-state index in [0.717, 1.165) is 17.0 Å². The average Bonchev–Trinajstić information content (AvgIpc) is 2.93. The summed E-state index contributed by atoms with van der Waals surface area (Å²) in [6.07, 6.45) is -0.695. The van der Waals surface area contributed by atoms with Gasteiger partial charge in [0.05, 0.1) is 11.4 Å². The lowest BCUT2D eigenvalue weighted by molar-refractivity contribution is 0.0635. The fourth-order valence-electron chi connectivity index (χ4n) is 2.84. The first-order chi connectivity index (χ1) is 13.1. The number of fused-ring (bicyclic) bond motifs is 1. The van der Waals surface area contributed by atoms with E-state index in [1.807, 2.05) is 24.3 Å². The summed E-state index contributed by atoms with van der Waals surface area (Å²) in [7, 11) is 1.78. The molecule has 28 heavy (non-hydrogen) atoms. The number of hydrogen-bond donors (Lipinski definition) is 2. The Morgan fingerprint density at radius 3 is 2.39 bits per heavy atom. The van der Waals surface area contributed by atoms with Crippen LogP contribution in [0.2, 0.25) is 0 Å². The quantitative estimate of drug-likeness (QED) is 0.674. The molecule has 2 amide bonds. The van der Waals surface area contributed by atoms with Crippen LogP contribution in [-0.4, -0.2) is 22.2 Å². The molecule has 0 bridgehead atoms. The number of aryl methyl sites for hydroxylation is 1. The van der Waals surface area contributed by atoms with Crippen molar-refractivity contribution in [3.05, 3.63) is 60.0 Å². The standard InChI is InChI=1S/C21H22FN3O3/c1-21(2,3)28-20(27)24-15-10-9-14(22)12-16(15)23-19(26)18-11-13-7-5-6-8-17(13)25(18)4/h5-12H,1-4H3,(H,23,26)(H,24,27). The van der Waals surface area contributed by atoms with Crippen LogP contribution in [0.4, 0.5) is 20.6 Å². The van der Waals surface area contributed by atoms with Gasteiger partial charge in [-0.15, -0.1) is 0 Å². The van der Waals surface area contributed by atoms with Gasteiger partial charge in [-0.3, -0.25) is 10.1 Å². The third-order valence-electron chi connectivity index (χ3n) is 4.05. The summed E-state index contributed by atoms with van der Waals surface area (Å²) in [5.41, 5.74) is 1.01. The first kappa shape index (κ1) is 19.4. The third-order valence-corrected chi connectivity index (χ3v) is 4.05. The van der Waals surface area contributed by atoms with Crippen LogP contribution in [0.3, 0.4) is 0 Å².